The van der Waals surface area contributed by atoms with E-state index in [1.165, 1.54) is 18.3 Å². The molecule has 6 nitrogen and oxygen atoms in total. The largest absolute Gasteiger partial charge is 0.396 e. The summed E-state index contributed by atoms with van der Waals surface area (Å²) < 4.78 is 52.2. The van der Waals surface area contributed by atoms with Crippen LogP contribution in [0.1, 0.15) is 0 Å². The minimum atomic E-state index is -4.26. The molecule has 2 aromatic rings. The number of hydrogen-bond acceptors (Lipinski definition) is 5. The third-order valence-corrected chi connectivity index (χ3v) is 3.52. The Morgan fingerprint density at radius 3 is 2.58 bits per heavy atom. The maximum Gasteiger partial charge on any atom is 0.266 e. The Hall–Kier alpha value is -2.29. The quantitative estimate of drug-likeness (QED) is 0.824. The number of aromatic nitrogens is 2. The lowest BCUT2D eigenvalue weighted by atomic mass is 10.3. The summed E-state index contributed by atoms with van der Waals surface area (Å²) in [5, 5.41) is 6.95. The molecule has 2 rings (SSSR count). The number of nitrogens with one attached hydrogen (secondary N) is 1. The Morgan fingerprint density at radius 2 is 1.95 bits per heavy atom. The van der Waals surface area contributed by atoms with Gasteiger partial charge in [0.2, 0.25) is 0 Å². The van der Waals surface area contributed by atoms with Gasteiger partial charge < -0.3 is 5.73 Å². The summed E-state index contributed by atoms with van der Waals surface area (Å²) in [6.07, 6.45) is 1.34. The zero-order valence-electron chi connectivity index (χ0n) is 9.34. The van der Waals surface area contributed by atoms with Crippen LogP contribution in [0.25, 0.3) is 0 Å². The van der Waals surface area contributed by atoms with Gasteiger partial charge in [0, 0.05) is 12.3 Å². The van der Waals surface area contributed by atoms with Crippen LogP contribution in [0.4, 0.5) is 20.3 Å². The van der Waals surface area contributed by atoms with Gasteiger partial charge in [-0.3, -0.25) is 4.72 Å². The number of rotatable bonds is 3. The number of hydrogen-bond donors (Lipinski definition) is 2. The molecule has 19 heavy (non-hydrogen) atoms. The molecule has 0 aliphatic heterocycles. The summed E-state index contributed by atoms with van der Waals surface area (Å²) in [6, 6.07) is 3.87. The van der Waals surface area contributed by atoms with Crippen LogP contribution < -0.4 is 10.5 Å². The van der Waals surface area contributed by atoms with Crippen LogP contribution in [0.15, 0.2) is 35.4 Å². The Balaban J connectivity index is 2.43. The first-order valence-corrected chi connectivity index (χ1v) is 6.43. The van der Waals surface area contributed by atoms with Crippen LogP contribution in [0.5, 0.6) is 0 Å². The van der Waals surface area contributed by atoms with E-state index < -0.39 is 32.2 Å². The Labute approximate surface area is 107 Å². The number of sulfonamides is 1. The molecule has 0 saturated heterocycles. The van der Waals surface area contributed by atoms with E-state index in [9.17, 15) is 17.2 Å². The summed E-state index contributed by atoms with van der Waals surface area (Å²) in [6.45, 7) is 0. The van der Waals surface area contributed by atoms with Crippen LogP contribution in [-0.4, -0.2) is 18.6 Å². The zero-order valence-corrected chi connectivity index (χ0v) is 10.2. The summed E-state index contributed by atoms with van der Waals surface area (Å²) in [5.74, 6) is -2.37. The average Bonchev–Trinajstić information content (AvgIpc) is 2.34. The van der Waals surface area contributed by atoms with Crippen LogP contribution >= 0.6 is 0 Å². The Kier molecular flexibility index (Phi) is 3.30. The molecular formula is C10H8F2N4O2S. The van der Waals surface area contributed by atoms with Gasteiger partial charge >= 0.3 is 0 Å². The molecule has 0 saturated carbocycles. The fourth-order valence-electron chi connectivity index (χ4n) is 1.30. The van der Waals surface area contributed by atoms with E-state index in [2.05, 4.69) is 10.2 Å². The molecule has 100 valence electrons. The van der Waals surface area contributed by atoms with Gasteiger partial charge in [-0.15, -0.1) is 5.10 Å². The van der Waals surface area contributed by atoms with Gasteiger partial charge in [0.05, 0.1) is 5.69 Å². The minimum Gasteiger partial charge on any atom is -0.396 e. The maximum absolute atomic E-state index is 13.5. The smallest absolute Gasteiger partial charge is 0.266 e. The standard InChI is InChI=1S/C10H8F2N4O2S/c11-6-4-7(12)9(5-8(6)13)19(17,18)16-10-2-1-3-14-15-10/h1-5H,13H2,(H,15,16). The van der Waals surface area contributed by atoms with Crippen molar-refractivity contribution in [2.45, 2.75) is 4.90 Å². The van der Waals surface area contributed by atoms with Crippen LogP contribution in [0, 0.1) is 11.6 Å². The molecule has 3 N–H and O–H groups in total. The summed E-state index contributed by atoms with van der Waals surface area (Å²) in [5.41, 5.74) is 4.75. The summed E-state index contributed by atoms with van der Waals surface area (Å²) in [7, 11) is -4.26. The zero-order chi connectivity index (χ0) is 14.0. The second-order valence-electron chi connectivity index (χ2n) is 3.52. The monoisotopic (exact) mass is 286 g/mol. The van der Waals surface area contributed by atoms with E-state index in [0.29, 0.717) is 12.1 Å². The van der Waals surface area contributed by atoms with Crippen molar-refractivity contribution in [1.82, 2.24) is 10.2 Å². The van der Waals surface area contributed by atoms with Crippen molar-refractivity contribution in [2.75, 3.05) is 10.5 Å². The van der Waals surface area contributed by atoms with Crippen LogP contribution in [0.3, 0.4) is 0 Å². The molecule has 0 amide bonds. The topological polar surface area (TPSA) is 98.0 Å². The van der Waals surface area contributed by atoms with Crippen molar-refractivity contribution < 1.29 is 17.2 Å². The van der Waals surface area contributed by atoms with Crippen LogP contribution in [0.2, 0.25) is 0 Å². The van der Waals surface area contributed by atoms with Crippen molar-refractivity contribution in [3.8, 4) is 0 Å². The number of benzene rings is 1. The number of halogens is 2. The van der Waals surface area contributed by atoms with Crippen molar-refractivity contribution in [3.05, 3.63) is 42.1 Å². The molecule has 9 heteroatoms. The number of nitrogens with zero attached hydrogens (tertiary/aromatic N) is 2. The highest BCUT2D eigenvalue weighted by Gasteiger charge is 2.21. The van der Waals surface area contributed by atoms with Crippen LogP contribution in [-0.2, 0) is 10.0 Å². The predicted molar refractivity (Wildman–Crippen MR) is 63.6 cm³/mol. The van der Waals surface area contributed by atoms with Crippen molar-refractivity contribution in [3.63, 3.8) is 0 Å². The molecule has 1 aromatic carbocycles. The molecule has 0 fully saturated rings. The number of anilines is 2. The number of nitrogen functional groups attached to an aromatic ring is 1. The average molecular weight is 286 g/mol. The fraction of sp³-hybridized carbons (Fsp3) is 0. The summed E-state index contributed by atoms with van der Waals surface area (Å²) >= 11 is 0. The molecule has 0 bridgehead atoms. The lowest BCUT2D eigenvalue weighted by molar-refractivity contribution is 0.553. The second kappa shape index (κ2) is 4.76. The van der Waals surface area contributed by atoms with Gasteiger partial charge in [0.1, 0.15) is 16.5 Å². The van der Waals surface area contributed by atoms with E-state index in [0.717, 1.165) is 0 Å². The first-order chi connectivity index (χ1) is 8.90. The van der Waals surface area contributed by atoms with Crippen molar-refractivity contribution >= 4 is 21.5 Å². The highest BCUT2D eigenvalue weighted by molar-refractivity contribution is 7.92. The fourth-order valence-corrected chi connectivity index (χ4v) is 2.39. The van der Waals surface area contributed by atoms with E-state index >= 15 is 0 Å². The highest BCUT2D eigenvalue weighted by atomic mass is 32.2. The van der Waals surface area contributed by atoms with E-state index in [-0.39, 0.29) is 5.82 Å². The molecule has 0 aliphatic rings. The molecule has 1 aromatic heterocycles. The van der Waals surface area contributed by atoms with Gasteiger partial charge in [-0.05, 0) is 18.2 Å². The van der Waals surface area contributed by atoms with E-state index in [1.807, 2.05) is 4.72 Å². The SMILES string of the molecule is Nc1cc(S(=O)(=O)Nc2cccnn2)c(F)cc1F. The highest BCUT2D eigenvalue weighted by Crippen LogP contribution is 2.22. The predicted octanol–water partition coefficient (Wildman–Crippen LogP) is 1.14. The van der Waals surface area contributed by atoms with Crippen molar-refractivity contribution in [1.29, 1.82) is 0 Å². The third-order valence-electron chi connectivity index (χ3n) is 2.15. The molecule has 1 heterocycles. The molecule has 0 radical (unpaired) electrons. The first-order valence-electron chi connectivity index (χ1n) is 4.95. The maximum atomic E-state index is 13.5. The Bertz CT molecular complexity index is 707. The molecule has 0 spiro atoms. The van der Waals surface area contributed by atoms with E-state index in [4.69, 9.17) is 5.73 Å². The second-order valence-corrected chi connectivity index (χ2v) is 5.17. The van der Waals surface area contributed by atoms with Gasteiger partial charge in [-0.2, -0.15) is 5.10 Å². The molecule has 0 atom stereocenters. The minimum absolute atomic E-state index is 0.0928. The molecule has 0 unspecified atom stereocenters. The van der Waals surface area contributed by atoms with Gasteiger partial charge in [0.15, 0.2) is 5.82 Å². The van der Waals surface area contributed by atoms with Gasteiger partial charge in [-0.1, -0.05) is 0 Å². The third kappa shape index (κ3) is 2.76. The number of nitrogens with two attached hydrogens (primary N) is 1. The lowest BCUT2D eigenvalue weighted by Gasteiger charge is -2.08. The van der Waals surface area contributed by atoms with Crippen molar-refractivity contribution in [2.24, 2.45) is 0 Å². The molecule has 0 aliphatic carbocycles. The summed E-state index contributed by atoms with van der Waals surface area (Å²) in [4.78, 5) is -0.767. The van der Waals surface area contributed by atoms with E-state index in [1.54, 1.807) is 0 Å². The normalized spacial score (nSPS) is 11.3. The van der Waals surface area contributed by atoms with Gasteiger partial charge in [-0.25, -0.2) is 17.2 Å². The lowest BCUT2D eigenvalue weighted by Crippen LogP contribution is -2.16. The Morgan fingerprint density at radius 1 is 1.21 bits per heavy atom. The van der Waals surface area contributed by atoms with Gasteiger partial charge in [0.25, 0.3) is 10.0 Å². The molecular weight excluding hydrogens is 278 g/mol. The first kappa shape index (κ1) is 13.1.